The summed E-state index contributed by atoms with van der Waals surface area (Å²) in [7, 11) is 0. The van der Waals surface area contributed by atoms with Crippen molar-refractivity contribution in [1.82, 2.24) is 14.5 Å². The molecule has 0 atom stereocenters. The number of hydrogen-bond acceptors (Lipinski definition) is 3. The monoisotopic (exact) mass is 394 g/mol. The van der Waals surface area contributed by atoms with Gasteiger partial charge in [0, 0.05) is 55.2 Å². The molecular weight excluding hydrogens is 371 g/mol. The van der Waals surface area contributed by atoms with Crippen LogP contribution in [0.1, 0.15) is 25.7 Å². The highest BCUT2D eigenvalue weighted by atomic mass is 35.5. The van der Waals surface area contributed by atoms with Crippen LogP contribution in [0.5, 0.6) is 0 Å². The first-order valence-corrected chi connectivity index (χ1v) is 9.43. The second-order valence-corrected chi connectivity index (χ2v) is 7.31. The number of rotatable bonds is 3. The molecule has 1 saturated heterocycles. The molecule has 1 saturated carbocycles. The maximum absolute atomic E-state index is 12.6. The van der Waals surface area contributed by atoms with Crippen LogP contribution in [0.15, 0.2) is 36.7 Å². The fraction of sp³-hybridized carbons (Fsp3) is 0.474. The second-order valence-electron chi connectivity index (χ2n) is 6.87. The van der Waals surface area contributed by atoms with E-state index in [1.807, 2.05) is 41.6 Å². The number of benzene rings is 1. The molecule has 1 aromatic heterocycles. The van der Waals surface area contributed by atoms with Crippen molar-refractivity contribution in [3.8, 4) is 5.69 Å². The topological polar surface area (TPSA) is 41.4 Å². The lowest BCUT2D eigenvalue weighted by Crippen LogP contribution is -2.50. The van der Waals surface area contributed by atoms with E-state index in [-0.39, 0.29) is 18.3 Å². The van der Waals surface area contributed by atoms with Gasteiger partial charge in [-0.1, -0.05) is 30.5 Å². The number of nitrogens with zero attached hydrogens (tertiary/aromatic N) is 4. The average molecular weight is 395 g/mol. The van der Waals surface area contributed by atoms with Gasteiger partial charge in [0.2, 0.25) is 11.9 Å². The lowest BCUT2D eigenvalue weighted by molar-refractivity contribution is -0.135. The summed E-state index contributed by atoms with van der Waals surface area (Å²) in [6, 6.07) is 7.78. The third kappa shape index (κ3) is 3.84. The van der Waals surface area contributed by atoms with Crippen LogP contribution in [0.3, 0.4) is 0 Å². The molecule has 0 unspecified atom stereocenters. The molecule has 1 aliphatic heterocycles. The van der Waals surface area contributed by atoms with Gasteiger partial charge in [0.15, 0.2) is 0 Å². The summed E-state index contributed by atoms with van der Waals surface area (Å²) < 4.78 is 2.06. The van der Waals surface area contributed by atoms with E-state index in [4.69, 9.17) is 11.6 Å². The minimum Gasteiger partial charge on any atom is -0.339 e. The van der Waals surface area contributed by atoms with E-state index >= 15 is 0 Å². The van der Waals surface area contributed by atoms with Crippen LogP contribution in [0.4, 0.5) is 5.95 Å². The zero-order valence-electron chi connectivity index (χ0n) is 14.7. The Kier molecular flexibility index (Phi) is 6.09. The first-order chi connectivity index (χ1) is 12.2. The zero-order chi connectivity index (χ0) is 17.2. The van der Waals surface area contributed by atoms with Gasteiger partial charge in [-0.3, -0.25) is 9.36 Å². The number of carbonyl (C=O) groups is 1. The second kappa shape index (κ2) is 8.31. The summed E-state index contributed by atoms with van der Waals surface area (Å²) >= 11 is 6.12. The Hall–Kier alpha value is -1.72. The summed E-state index contributed by atoms with van der Waals surface area (Å²) in [6.07, 6.45) is 8.31. The molecule has 1 aliphatic carbocycles. The predicted molar refractivity (Wildman–Crippen MR) is 107 cm³/mol. The Labute approximate surface area is 165 Å². The molecule has 26 heavy (non-hydrogen) atoms. The summed E-state index contributed by atoms with van der Waals surface area (Å²) in [4.78, 5) is 21.4. The first kappa shape index (κ1) is 19.1. The lowest BCUT2D eigenvalue weighted by Gasteiger charge is -2.36. The summed E-state index contributed by atoms with van der Waals surface area (Å²) in [5.41, 5.74) is 1.00. The Balaban J connectivity index is 0.00000196. The molecule has 0 bridgehead atoms. The van der Waals surface area contributed by atoms with Crippen LogP contribution in [0.2, 0.25) is 5.02 Å². The van der Waals surface area contributed by atoms with Crippen molar-refractivity contribution in [2.45, 2.75) is 25.7 Å². The molecule has 1 amide bonds. The van der Waals surface area contributed by atoms with Crippen molar-refractivity contribution in [1.29, 1.82) is 0 Å². The SMILES string of the molecule is Cl.O=C(C1CCCC1)N1CCN(c2nccn2-c2cccc(Cl)c2)CC1. The number of aromatic nitrogens is 2. The van der Waals surface area contributed by atoms with Gasteiger partial charge in [-0.15, -0.1) is 12.4 Å². The van der Waals surface area contributed by atoms with Crippen molar-refractivity contribution >= 4 is 35.9 Å². The molecule has 0 radical (unpaired) electrons. The molecule has 2 aliphatic rings. The van der Waals surface area contributed by atoms with Gasteiger partial charge in [-0.25, -0.2) is 4.98 Å². The maximum Gasteiger partial charge on any atom is 0.225 e. The quantitative estimate of drug-likeness (QED) is 0.794. The Morgan fingerprint density at radius 1 is 1.12 bits per heavy atom. The highest BCUT2D eigenvalue weighted by molar-refractivity contribution is 6.30. The molecular formula is C19H24Cl2N4O. The van der Waals surface area contributed by atoms with E-state index in [0.717, 1.165) is 50.7 Å². The van der Waals surface area contributed by atoms with Crippen molar-refractivity contribution < 1.29 is 4.79 Å². The smallest absolute Gasteiger partial charge is 0.225 e. The van der Waals surface area contributed by atoms with Gasteiger partial charge in [-0.2, -0.15) is 0 Å². The van der Waals surface area contributed by atoms with Gasteiger partial charge in [-0.05, 0) is 31.0 Å². The molecule has 1 aromatic carbocycles. The van der Waals surface area contributed by atoms with Gasteiger partial charge < -0.3 is 9.80 Å². The zero-order valence-corrected chi connectivity index (χ0v) is 16.3. The predicted octanol–water partition coefficient (Wildman–Crippen LogP) is 3.79. The molecule has 0 N–H and O–H groups in total. The van der Waals surface area contributed by atoms with Gasteiger partial charge in [0.1, 0.15) is 0 Å². The Morgan fingerprint density at radius 3 is 2.54 bits per heavy atom. The van der Waals surface area contributed by atoms with Crippen LogP contribution in [0.25, 0.3) is 5.69 Å². The van der Waals surface area contributed by atoms with Crippen LogP contribution >= 0.6 is 24.0 Å². The summed E-state index contributed by atoms with van der Waals surface area (Å²) in [5.74, 6) is 1.53. The Bertz CT molecular complexity index is 750. The van der Waals surface area contributed by atoms with E-state index in [2.05, 4.69) is 14.5 Å². The van der Waals surface area contributed by atoms with E-state index in [9.17, 15) is 4.79 Å². The van der Waals surface area contributed by atoms with Crippen molar-refractivity contribution in [2.75, 3.05) is 31.1 Å². The highest BCUT2D eigenvalue weighted by Gasteiger charge is 2.30. The van der Waals surface area contributed by atoms with Gasteiger partial charge in [0.25, 0.3) is 0 Å². The third-order valence-electron chi connectivity index (χ3n) is 5.29. The maximum atomic E-state index is 12.6. The van der Waals surface area contributed by atoms with E-state index in [0.29, 0.717) is 10.9 Å². The minimum atomic E-state index is 0. The fourth-order valence-corrected chi connectivity index (χ4v) is 4.10. The van der Waals surface area contributed by atoms with Crippen molar-refractivity contribution in [3.63, 3.8) is 0 Å². The molecule has 2 aromatic rings. The molecule has 2 fully saturated rings. The van der Waals surface area contributed by atoms with Crippen molar-refractivity contribution in [2.24, 2.45) is 5.92 Å². The number of piperazine rings is 1. The molecule has 4 rings (SSSR count). The number of carbonyl (C=O) groups excluding carboxylic acids is 1. The Morgan fingerprint density at radius 2 is 1.85 bits per heavy atom. The summed E-state index contributed by atoms with van der Waals surface area (Å²) in [5, 5.41) is 0.712. The largest absolute Gasteiger partial charge is 0.339 e. The van der Waals surface area contributed by atoms with Crippen LogP contribution < -0.4 is 4.90 Å². The standard InChI is InChI=1S/C19H23ClN4O.ClH/c20-16-6-3-7-17(14-16)24-9-8-21-19(24)23-12-10-22(11-13-23)18(25)15-4-1-2-5-15;/h3,6-9,14-15H,1-2,4-5,10-13H2;1H. The molecule has 140 valence electrons. The number of hydrogen-bond donors (Lipinski definition) is 0. The first-order valence-electron chi connectivity index (χ1n) is 9.05. The van der Waals surface area contributed by atoms with E-state index in [1.54, 1.807) is 0 Å². The average Bonchev–Trinajstić information content (AvgIpc) is 3.33. The number of halogens is 2. The molecule has 0 spiro atoms. The number of anilines is 1. The van der Waals surface area contributed by atoms with E-state index < -0.39 is 0 Å². The highest BCUT2D eigenvalue weighted by Crippen LogP contribution is 2.27. The van der Waals surface area contributed by atoms with Crippen molar-refractivity contribution in [3.05, 3.63) is 41.7 Å². The molecule has 2 heterocycles. The molecule has 5 nitrogen and oxygen atoms in total. The third-order valence-corrected chi connectivity index (χ3v) is 5.52. The normalized spacial score (nSPS) is 18.0. The van der Waals surface area contributed by atoms with E-state index in [1.165, 1.54) is 12.8 Å². The van der Waals surface area contributed by atoms with Crippen LogP contribution in [-0.2, 0) is 4.79 Å². The molecule has 7 heteroatoms. The van der Waals surface area contributed by atoms with Crippen LogP contribution in [0, 0.1) is 5.92 Å². The lowest BCUT2D eigenvalue weighted by atomic mass is 10.1. The van der Waals surface area contributed by atoms with Crippen LogP contribution in [-0.4, -0.2) is 46.5 Å². The van der Waals surface area contributed by atoms with Gasteiger partial charge >= 0.3 is 0 Å². The number of imidazole rings is 1. The fourth-order valence-electron chi connectivity index (χ4n) is 3.91. The summed E-state index contributed by atoms with van der Waals surface area (Å²) in [6.45, 7) is 3.18. The number of amides is 1. The minimum absolute atomic E-state index is 0. The van der Waals surface area contributed by atoms with Gasteiger partial charge in [0.05, 0.1) is 0 Å².